The molecule has 0 saturated carbocycles. The fourth-order valence-electron chi connectivity index (χ4n) is 4.36. The molecule has 4 heteroatoms. The molecule has 3 atom stereocenters. The molecule has 2 aliphatic rings. The number of aromatic nitrogens is 1. The van der Waals surface area contributed by atoms with Crippen LogP contribution in [0.3, 0.4) is 0 Å². The molecule has 2 aromatic rings. The third kappa shape index (κ3) is 1.90. The van der Waals surface area contributed by atoms with E-state index >= 15 is 0 Å². The minimum absolute atomic E-state index is 0.486. The number of nitrogens with one attached hydrogen (secondary N) is 1. The van der Waals surface area contributed by atoms with Crippen molar-refractivity contribution in [3.63, 3.8) is 0 Å². The summed E-state index contributed by atoms with van der Waals surface area (Å²) in [6.45, 7) is 8.82. The fourth-order valence-corrected chi connectivity index (χ4v) is 4.63. The summed E-state index contributed by atoms with van der Waals surface area (Å²) in [4.78, 5) is 9.38. The average molecular weight is 300 g/mol. The third-order valence-corrected chi connectivity index (χ3v) is 5.56. The van der Waals surface area contributed by atoms with Gasteiger partial charge in [-0.2, -0.15) is 0 Å². The number of hydrogen-bond acceptors (Lipinski definition) is 1. The van der Waals surface area contributed by atoms with Crippen molar-refractivity contribution in [2.24, 2.45) is 5.92 Å². The molecule has 21 heavy (non-hydrogen) atoms. The Kier molecular flexibility index (Phi) is 2.99. The highest BCUT2D eigenvalue weighted by molar-refractivity contribution is 6.32. The van der Waals surface area contributed by atoms with Crippen molar-refractivity contribution in [3.8, 4) is 0 Å². The molecule has 1 N–H and O–H groups in total. The number of aromatic amines is 1. The number of piperidine rings is 1. The van der Waals surface area contributed by atoms with Crippen molar-refractivity contribution < 1.29 is 0 Å². The Bertz CT molecular complexity index is 742. The standard InChI is InChI=1S/C17H18ClN3/c1-19-8-10-6-12-11-4-3-5-14-16(11)13(17(18)20-14)7-15(12)21(2)9-10/h3-5,10,12,15,20H,6-9H2,2H3/t10-,12+,15+/m0/s1. The number of fused-ring (bicyclic) bond motifs is 2. The van der Waals surface area contributed by atoms with Crippen LogP contribution in [0.2, 0.25) is 5.15 Å². The van der Waals surface area contributed by atoms with Gasteiger partial charge in [-0.05, 0) is 37.1 Å². The molecule has 1 saturated heterocycles. The van der Waals surface area contributed by atoms with E-state index in [0.29, 0.717) is 24.4 Å². The van der Waals surface area contributed by atoms with Crippen LogP contribution < -0.4 is 0 Å². The summed E-state index contributed by atoms with van der Waals surface area (Å²) in [7, 11) is 2.19. The van der Waals surface area contributed by atoms with Crippen LogP contribution in [0.5, 0.6) is 0 Å². The second-order valence-electron chi connectivity index (χ2n) is 6.45. The Morgan fingerprint density at radius 1 is 1.48 bits per heavy atom. The Morgan fingerprint density at radius 3 is 3.14 bits per heavy atom. The van der Waals surface area contributed by atoms with E-state index in [2.05, 4.69) is 40.0 Å². The van der Waals surface area contributed by atoms with Crippen molar-refractivity contribution in [3.05, 3.63) is 45.9 Å². The van der Waals surface area contributed by atoms with Gasteiger partial charge >= 0.3 is 0 Å². The van der Waals surface area contributed by atoms with E-state index in [-0.39, 0.29) is 0 Å². The van der Waals surface area contributed by atoms with Crippen molar-refractivity contribution in [1.82, 2.24) is 9.88 Å². The molecule has 1 aliphatic carbocycles. The van der Waals surface area contributed by atoms with E-state index in [0.717, 1.165) is 30.1 Å². The lowest BCUT2D eigenvalue weighted by Crippen LogP contribution is -2.48. The van der Waals surface area contributed by atoms with Gasteiger partial charge in [0, 0.05) is 35.3 Å². The molecule has 0 amide bonds. The van der Waals surface area contributed by atoms with Crippen LogP contribution >= 0.6 is 11.6 Å². The van der Waals surface area contributed by atoms with Crippen LogP contribution in [-0.4, -0.2) is 36.1 Å². The lowest BCUT2D eigenvalue weighted by molar-refractivity contribution is 0.118. The number of halogens is 1. The molecule has 1 aliphatic heterocycles. The summed E-state index contributed by atoms with van der Waals surface area (Å²) in [5.74, 6) is 1.01. The Morgan fingerprint density at radius 2 is 2.33 bits per heavy atom. The molecule has 2 heterocycles. The monoisotopic (exact) mass is 299 g/mol. The summed E-state index contributed by atoms with van der Waals surface area (Å²) in [5.41, 5.74) is 3.85. The molecule has 0 unspecified atom stereocenters. The third-order valence-electron chi connectivity index (χ3n) is 5.23. The Hall–Kier alpha value is -1.50. The maximum Gasteiger partial charge on any atom is 0.218 e. The van der Waals surface area contributed by atoms with Crippen molar-refractivity contribution in [1.29, 1.82) is 0 Å². The average Bonchev–Trinajstić information content (AvgIpc) is 2.78. The smallest absolute Gasteiger partial charge is 0.218 e. The van der Waals surface area contributed by atoms with Gasteiger partial charge in [0.05, 0.1) is 0 Å². The van der Waals surface area contributed by atoms with Gasteiger partial charge in [0.2, 0.25) is 6.54 Å². The van der Waals surface area contributed by atoms with Crippen LogP contribution in [0.25, 0.3) is 15.7 Å². The number of hydrogen-bond donors (Lipinski definition) is 1. The Labute approximate surface area is 129 Å². The van der Waals surface area contributed by atoms with Crippen molar-refractivity contribution >= 4 is 22.5 Å². The first kappa shape index (κ1) is 13.2. The van der Waals surface area contributed by atoms with E-state index in [1.165, 1.54) is 16.5 Å². The topological polar surface area (TPSA) is 23.4 Å². The predicted molar refractivity (Wildman–Crippen MR) is 85.7 cm³/mol. The lowest BCUT2D eigenvalue weighted by Gasteiger charge is -2.44. The number of benzene rings is 1. The van der Waals surface area contributed by atoms with Gasteiger partial charge in [0.1, 0.15) is 5.15 Å². The largest absolute Gasteiger partial charge is 0.345 e. The number of likely N-dealkylation sites (N-methyl/N-ethyl adjacent to an activating group) is 1. The zero-order chi connectivity index (χ0) is 14.6. The summed E-state index contributed by atoms with van der Waals surface area (Å²) >= 11 is 6.42. The van der Waals surface area contributed by atoms with Crippen molar-refractivity contribution in [2.75, 3.05) is 20.1 Å². The van der Waals surface area contributed by atoms with Gasteiger partial charge in [0.15, 0.2) is 0 Å². The number of likely N-dealkylation sites (tertiary alicyclic amines) is 1. The molecule has 0 spiro atoms. The normalized spacial score (nSPS) is 28.3. The van der Waals surface area contributed by atoms with Crippen LogP contribution in [0.15, 0.2) is 18.2 Å². The lowest BCUT2D eigenvalue weighted by atomic mass is 9.72. The molecule has 108 valence electrons. The van der Waals surface area contributed by atoms with Gasteiger partial charge in [-0.3, -0.25) is 0 Å². The molecule has 1 aromatic heterocycles. The second-order valence-corrected chi connectivity index (χ2v) is 6.83. The molecule has 4 rings (SSSR count). The number of H-pyrrole nitrogens is 1. The highest BCUT2D eigenvalue weighted by Gasteiger charge is 2.40. The zero-order valence-electron chi connectivity index (χ0n) is 12.1. The molecule has 0 bridgehead atoms. The molecular formula is C17H18ClN3. The molecular weight excluding hydrogens is 282 g/mol. The summed E-state index contributed by atoms with van der Waals surface area (Å²) in [6.07, 6.45) is 2.14. The van der Waals surface area contributed by atoms with E-state index < -0.39 is 0 Å². The van der Waals surface area contributed by atoms with Gasteiger partial charge in [0.25, 0.3) is 0 Å². The summed E-state index contributed by atoms with van der Waals surface area (Å²) in [6, 6.07) is 6.99. The van der Waals surface area contributed by atoms with E-state index in [4.69, 9.17) is 18.2 Å². The van der Waals surface area contributed by atoms with Crippen molar-refractivity contribution in [2.45, 2.75) is 24.8 Å². The minimum Gasteiger partial charge on any atom is -0.345 e. The zero-order valence-corrected chi connectivity index (χ0v) is 12.8. The van der Waals surface area contributed by atoms with Gasteiger partial charge in [-0.1, -0.05) is 23.7 Å². The van der Waals surface area contributed by atoms with Crippen LogP contribution in [0, 0.1) is 12.5 Å². The molecule has 3 nitrogen and oxygen atoms in total. The first-order valence-electron chi connectivity index (χ1n) is 7.51. The molecule has 0 radical (unpaired) electrons. The van der Waals surface area contributed by atoms with E-state index in [1.807, 2.05) is 0 Å². The first-order valence-corrected chi connectivity index (χ1v) is 7.89. The maximum absolute atomic E-state index is 7.16. The maximum atomic E-state index is 7.16. The second kappa shape index (κ2) is 4.76. The first-order chi connectivity index (χ1) is 10.2. The molecule has 1 aromatic carbocycles. The number of rotatable bonds is 1. The van der Waals surface area contributed by atoms with E-state index in [1.54, 1.807) is 0 Å². The quantitative estimate of drug-likeness (QED) is 0.797. The number of nitrogens with zero attached hydrogens (tertiary/aromatic N) is 2. The van der Waals surface area contributed by atoms with Crippen LogP contribution in [0.4, 0.5) is 0 Å². The predicted octanol–water partition coefficient (Wildman–Crippen LogP) is 3.70. The van der Waals surface area contributed by atoms with Gasteiger partial charge in [-0.25, -0.2) is 6.57 Å². The molecule has 1 fully saturated rings. The summed E-state index contributed by atoms with van der Waals surface area (Å²) < 4.78 is 0. The fraction of sp³-hybridized carbons (Fsp3) is 0.471. The minimum atomic E-state index is 0.486. The van der Waals surface area contributed by atoms with Crippen LogP contribution in [0.1, 0.15) is 23.5 Å². The highest BCUT2D eigenvalue weighted by atomic mass is 35.5. The summed E-state index contributed by atoms with van der Waals surface area (Å²) in [5, 5.41) is 2.13. The van der Waals surface area contributed by atoms with Crippen LogP contribution in [-0.2, 0) is 6.42 Å². The highest BCUT2D eigenvalue weighted by Crippen LogP contribution is 2.46. The van der Waals surface area contributed by atoms with Gasteiger partial charge < -0.3 is 14.7 Å². The van der Waals surface area contributed by atoms with E-state index in [9.17, 15) is 0 Å². The SMILES string of the molecule is [C-]#[N+]C[C@@H]1C[C@@H]2c3cccc4[nH]c(Cl)c(c34)C[C@H]2N(C)C1. The Balaban J connectivity index is 1.84. The van der Waals surface area contributed by atoms with Gasteiger partial charge in [-0.15, -0.1) is 0 Å².